The van der Waals surface area contributed by atoms with Gasteiger partial charge < -0.3 is 5.11 Å². The summed E-state index contributed by atoms with van der Waals surface area (Å²) in [7, 11) is 0. The minimum Gasteiger partial charge on any atom is -0.480 e. The summed E-state index contributed by atoms with van der Waals surface area (Å²) < 4.78 is 0. The maximum Gasteiger partial charge on any atom is 0.328 e. The van der Waals surface area contributed by atoms with Crippen LogP contribution < -0.4 is 0 Å². The molecule has 0 radical (unpaired) electrons. The van der Waals surface area contributed by atoms with E-state index in [9.17, 15) is 9.90 Å². The second kappa shape index (κ2) is 7.93. The molecule has 1 unspecified atom stereocenters. The van der Waals surface area contributed by atoms with E-state index in [4.69, 9.17) is 0 Å². The lowest BCUT2D eigenvalue weighted by Crippen LogP contribution is -2.20. The number of carbonyl (C=O) groups is 1. The summed E-state index contributed by atoms with van der Waals surface area (Å²) in [5.41, 5.74) is 2.54. The van der Waals surface area contributed by atoms with Crippen LogP contribution >= 0.6 is 0 Å². The average molecular weight is 293 g/mol. The molecule has 0 heterocycles. The predicted molar refractivity (Wildman–Crippen MR) is 89.4 cm³/mol. The molecule has 0 aliphatic heterocycles. The SMILES string of the molecule is C/C=C/CC(N=C(c1ccccc1)c1ccccc1)C(=O)O. The number of hydrogen-bond donors (Lipinski definition) is 1. The van der Waals surface area contributed by atoms with Crippen LogP contribution in [0.1, 0.15) is 24.5 Å². The second-order valence-electron chi connectivity index (χ2n) is 4.87. The molecule has 0 aliphatic carbocycles. The first-order chi connectivity index (χ1) is 10.7. The molecule has 1 N–H and O–H groups in total. The molecule has 0 aromatic heterocycles. The van der Waals surface area contributed by atoms with E-state index in [1.54, 1.807) is 0 Å². The largest absolute Gasteiger partial charge is 0.480 e. The van der Waals surface area contributed by atoms with Gasteiger partial charge in [-0.2, -0.15) is 0 Å². The number of benzene rings is 2. The van der Waals surface area contributed by atoms with Gasteiger partial charge >= 0.3 is 5.97 Å². The van der Waals surface area contributed by atoms with Crippen LogP contribution in [0.5, 0.6) is 0 Å². The Morgan fingerprint density at radius 1 is 1.05 bits per heavy atom. The molecular formula is C19H19NO2. The van der Waals surface area contributed by atoms with Crippen LogP contribution in [0, 0.1) is 0 Å². The van der Waals surface area contributed by atoms with E-state index < -0.39 is 12.0 Å². The molecular weight excluding hydrogens is 274 g/mol. The van der Waals surface area contributed by atoms with Gasteiger partial charge in [-0.05, 0) is 13.3 Å². The van der Waals surface area contributed by atoms with Gasteiger partial charge in [-0.25, -0.2) is 4.79 Å². The van der Waals surface area contributed by atoms with Gasteiger partial charge in [-0.1, -0.05) is 72.8 Å². The predicted octanol–water partition coefficient (Wildman–Crippen LogP) is 3.94. The maximum absolute atomic E-state index is 11.5. The van der Waals surface area contributed by atoms with Gasteiger partial charge in [0.25, 0.3) is 0 Å². The highest BCUT2D eigenvalue weighted by Gasteiger charge is 2.17. The molecule has 0 spiro atoms. The molecule has 3 heteroatoms. The summed E-state index contributed by atoms with van der Waals surface area (Å²) in [6.45, 7) is 1.87. The van der Waals surface area contributed by atoms with Crippen molar-refractivity contribution in [3.8, 4) is 0 Å². The van der Waals surface area contributed by atoms with E-state index in [0.717, 1.165) is 11.1 Å². The second-order valence-corrected chi connectivity index (χ2v) is 4.87. The Morgan fingerprint density at radius 3 is 1.95 bits per heavy atom. The fraction of sp³-hybridized carbons (Fsp3) is 0.158. The van der Waals surface area contributed by atoms with Gasteiger partial charge in [0.2, 0.25) is 0 Å². The third kappa shape index (κ3) is 4.16. The van der Waals surface area contributed by atoms with E-state index in [1.165, 1.54) is 0 Å². The monoisotopic (exact) mass is 293 g/mol. The van der Waals surface area contributed by atoms with E-state index in [-0.39, 0.29) is 0 Å². The Kier molecular flexibility index (Phi) is 5.66. The van der Waals surface area contributed by atoms with Crippen LogP contribution in [0.25, 0.3) is 0 Å². The lowest BCUT2D eigenvalue weighted by atomic mass is 10.0. The molecule has 2 rings (SSSR count). The van der Waals surface area contributed by atoms with E-state index in [0.29, 0.717) is 12.1 Å². The van der Waals surface area contributed by atoms with Gasteiger partial charge in [0.05, 0.1) is 5.71 Å². The molecule has 0 aliphatic rings. The smallest absolute Gasteiger partial charge is 0.328 e. The Bertz CT molecular complexity index is 619. The molecule has 0 fully saturated rings. The summed E-state index contributed by atoms with van der Waals surface area (Å²) in [6, 6.07) is 18.6. The number of hydrogen-bond acceptors (Lipinski definition) is 2. The normalized spacial score (nSPS) is 12.0. The van der Waals surface area contributed by atoms with Crippen molar-refractivity contribution >= 4 is 11.7 Å². The first-order valence-corrected chi connectivity index (χ1v) is 7.25. The summed E-state index contributed by atoms with van der Waals surface area (Å²) >= 11 is 0. The molecule has 3 nitrogen and oxygen atoms in total. The Morgan fingerprint density at radius 2 is 1.55 bits per heavy atom. The minimum absolute atomic E-state index is 0.384. The van der Waals surface area contributed by atoms with Crippen molar-refractivity contribution in [3.63, 3.8) is 0 Å². The zero-order chi connectivity index (χ0) is 15.8. The Labute approximate surface area is 130 Å². The van der Waals surface area contributed by atoms with Crippen molar-refractivity contribution in [2.24, 2.45) is 4.99 Å². The average Bonchev–Trinajstić information content (AvgIpc) is 2.56. The molecule has 0 bridgehead atoms. The minimum atomic E-state index is -0.914. The van der Waals surface area contributed by atoms with E-state index in [1.807, 2.05) is 79.7 Å². The lowest BCUT2D eigenvalue weighted by Gasteiger charge is -2.11. The third-order valence-corrected chi connectivity index (χ3v) is 3.26. The fourth-order valence-electron chi connectivity index (χ4n) is 2.14. The van der Waals surface area contributed by atoms with Crippen molar-refractivity contribution in [1.29, 1.82) is 0 Å². The highest BCUT2D eigenvalue weighted by Crippen LogP contribution is 2.14. The molecule has 2 aromatic carbocycles. The quantitative estimate of drug-likeness (QED) is 0.647. The van der Waals surface area contributed by atoms with Gasteiger partial charge in [-0.3, -0.25) is 4.99 Å². The molecule has 1 atom stereocenters. The highest BCUT2D eigenvalue weighted by atomic mass is 16.4. The standard InChI is InChI=1S/C19H19NO2/c1-2-3-14-17(19(21)22)20-18(15-10-6-4-7-11-15)16-12-8-5-9-13-16/h2-13,17H,14H2,1H3,(H,21,22)/b3-2+. The van der Waals surface area contributed by atoms with E-state index in [2.05, 4.69) is 4.99 Å². The molecule has 0 saturated carbocycles. The van der Waals surface area contributed by atoms with Crippen molar-refractivity contribution < 1.29 is 9.90 Å². The molecule has 0 saturated heterocycles. The van der Waals surface area contributed by atoms with Gasteiger partial charge in [0.1, 0.15) is 0 Å². The number of rotatable bonds is 6. The number of allylic oxidation sites excluding steroid dienone is 1. The lowest BCUT2D eigenvalue weighted by molar-refractivity contribution is -0.138. The zero-order valence-corrected chi connectivity index (χ0v) is 12.5. The number of carboxylic acid groups (broad SMARTS) is 1. The van der Waals surface area contributed by atoms with Crippen molar-refractivity contribution in [2.45, 2.75) is 19.4 Å². The van der Waals surface area contributed by atoms with Gasteiger partial charge in [0.15, 0.2) is 6.04 Å². The van der Waals surface area contributed by atoms with Gasteiger partial charge in [-0.15, -0.1) is 0 Å². The number of aliphatic carboxylic acids is 1. The summed E-state index contributed by atoms with van der Waals surface area (Å²) in [6.07, 6.45) is 4.06. The Hall–Kier alpha value is -2.68. The zero-order valence-electron chi connectivity index (χ0n) is 12.5. The van der Waals surface area contributed by atoms with Crippen LogP contribution in [0.15, 0.2) is 77.8 Å². The van der Waals surface area contributed by atoms with Gasteiger partial charge in [0, 0.05) is 11.1 Å². The molecule has 0 amide bonds. The van der Waals surface area contributed by atoms with Crippen LogP contribution in [0.3, 0.4) is 0 Å². The van der Waals surface area contributed by atoms with Crippen LogP contribution in [-0.4, -0.2) is 22.8 Å². The third-order valence-electron chi connectivity index (χ3n) is 3.26. The van der Waals surface area contributed by atoms with E-state index >= 15 is 0 Å². The summed E-state index contributed by atoms with van der Waals surface area (Å²) in [4.78, 5) is 16.0. The highest BCUT2D eigenvalue weighted by molar-refractivity contribution is 6.13. The van der Waals surface area contributed by atoms with Crippen molar-refractivity contribution in [2.75, 3.05) is 0 Å². The van der Waals surface area contributed by atoms with Crippen molar-refractivity contribution in [3.05, 3.63) is 83.9 Å². The molecule has 112 valence electrons. The summed E-state index contributed by atoms with van der Waals surface area (Å²) in [5, 5.41) is 9.40. The van der Waals surface area contributed by atoms with Crippen molar-refractivity contribution in [1.82, 2.24) is 0 Å². The number of nitrogens with zero attached hydrogens (tertiary/aromatic N) is 1. The fourth-order valence-corrected chi connectivity index (χ4v) is 2.14. The Balaban J connectivity index is 2.48. The summed E-state index contributed by atoms with van der Waals surface area (Å²) in [5.74, 6) is -0.914. The molecule has 22 heavy (non-hydrogen) atoms. The number of carboxylic acids is 1. The topological polar surface area (TPSA) is 49.7 Å². The van der Waals surface area contributed by atoms with Crippen LogP contribution in [0.4, 0.5) is 0 Å². The first kappa shape index (κ1) is 15.7. The van der Waals surface area contributed by atoms with Crippen LogP contribution in [-0.2, 0) is 4.79 Å². The number of aliphatic imine (C=N–C) groups is 1. The molecule has 2 aromatic rings. The maximum atomic E-state index is 11.5. The van der Waals surface area contributed by atoms with Crippen LogP contribution in [0.2, 0.25) is 0 Å². The first-order valence-electron chi connectivity index (χ1n) is 7.25.